The second-order valence-corrected chi connectivity index (χ2v) is 6.25. The summed E-state index contributed by atoms with van der Waals surface area (Å²) in [7, 11) is 2.21. The normalized spacial score (nSPS) is 23.1. The lowest BCUT2D eigenvalue weighted by molar-refractivity contribution is 0.161. The number of nitrogens with two attached hydrogens (primary N) is 1. The van der Waals surface area contributed by atoms with E-state index in [1.807, 2.05) is 0 Å². The maximum atomic E-state index is 11.7. The molecule has 1 aromatic heterocycles. The lowest BCUT2D eigenvalue weighted by Gasteiger charge is -2.34. The molecule has 2 N–H and O–H groups in total. The molecule has 1 heterocycles. The van der Waals surface area contributed by atoms with Crippen molar-refractivity contribution in [1.29, 1.82) is 0 Å². The third-order valence-corrected chi connectivity index (χ3v) is 4.45. The van der Waals surface area contributed by atoms with Crippen LogP contribution in [0.4, 0.5) is 5.69 Å². The molecule has 1 aliphatic rings. The highest BCUT2D eigenvalue weighted by Gasteiger charge is 2.21. The van der Waals surface area contributed by atoms with Gasteiger partial charge in [0, 0.05) is 30.5 Å². The van der Waals surface area contributed by atoms with Crippen molar-refractivity contribution in [2.24, 2.45) is 5.92 Å². The zero-order valence-corrected chi connectivity index (χ0v) is 12.7. The van der Waals surface area contributed by atoms with Crippen molar-refractivity contribution in [1.82, 2.24) is 9.47 Å². The van der Waals surface area contributed by atoms with Crippen molar-refractivity contribution in [2.75, 3.05) is 19.3 Å². The number of aromatic nitrogens is 1. The number of pyridine rings is 1. The van der Waals surface area contributed by atoms with Crippen molar-refractivity contribution in [3.8, 4) is 0 Å². The summed E-state index contributed by atoms with van der Waals surface area (Å²) in [5, 5.41) is 0. The summed E-state index contributed by atoms with van der Waals surface area (Å²) >= 11 is 0. The van der Waals surface area contributed by atoms with Crippen LogP contribution in [0.15, 0.2) is 23.1 Å². The Morgan fingerprint density at radius 2 is 2.20 bits per heavy atom. The minimum atomic E-state index is 0.0353. The molecule has 0 aliphatic heterocycles. The SMILES string of the molecule is CC1CCCC(N(C)CCCn2cc(N)ccc2=O)C1. The predicted octanol–water partition coefficient (Wildman–Crippen LogP) is 2.33. The molecule has 4 heteroatoms. The Morgan fingerprint density at radius 1 is 1.40 bits per heavy atom. The fourth-order valence-corrected chi connectivity index (χ4v) is 3.20. The van der Waals surface area contributed by atoms with E-state index in [-0.39, 0.29) is 5.56 Å². The molecule has 2 atom stereocenters. The number of nitrogen functional groups attached to an aromatic ring is 1. The fourth-order valence-electron chi connectivity index (χ4n) is 3.20. The molecular weight excluding hydrogens is 250 g/mol. The first-order valence-corrected chi connectivity index (χ1v) is 7.72. The Bertz CT molecular complexity index is 483. The summed E-state index contributed by atoms with van der Waals surface area (Å²) in [6.07, 6.45) is 8.09. The molecule has 4 nitrogen and oxygen atoms in total. The van der Waals surface area contributed by atoms with Crippen molar-refractivity contribution in [3.63, 3.8) is 0 Å². The number of anilines is 1. The molecule has 0 aromatic carbocycles. The van der Waals surface area contributed by atoms with E-state index in [4.69, 9.17) is 5.73 Å². The second-order valence-electron chi connectivity index (χ2n) is 6.25. The minimum absolute atomic E-state index is 0.0353. The molecule has 0 radical (unpaired) electrons. The lowest BCUT2D eigenvalue weighted by Crippen LogP contribution is -2.36. The van der Waals surface area contributed by atoms with Gasteiger partial charge in [-0.2, -0.15) is 0 Å². The third kappa shape index (κ3) is 4.10. The summed E-state index contributed by atoms with van der Waals surface area (Å²) in [5.74, 6) is 0.854. The number of hydrogen-bond acceptors (Lipinski definition) is 3. The van der Waals surface area contributed by atoms with Crippen LogP contribution in [0.2, 0.25) is 0 Å². The molecule has 0 amide bonds. The Balaban J connectivity index is 1.80. The van der Waals surface area contributed by atoms with Gasteiger partial charge in [0.1, 0.15) is 0 Å². The zero-order valence-electron chi connectivity index (χ0n) is 12.7. The summed E-state index contributed by atoms with van der Waals surface area (Å²) in [4.78, 5) is 14.2. The first-order chi connectivity index (χ1) is 9.56. The number of nitrogens with zero attached hydrogens (tertiary/aromatic N) is 2. The van der Waals surface area contributed by atoms with Crippen molar-refractivity contribution in [2.45, 2.75) is 51.6 Å². The van der Waals surface area contributed by atoms with Gasteiger partial charge in [-0.1, -0.05) is 19.8 Å². The maximum Gasteiger partial charge on any atom is 0.250 e. The largest absolute Gasteiger partial charge is 0.398 e. The van der Waals surface area contributed by atoms with E-state index in [9.17, 15) is 4.79 Å². The fraction of sp³-hybridized carbons (Fsp3) is 0.688. The van der Waals surface area contributed by atoms with Gasteiger partial charge in [-0.25, -0.2) is 0 Å². The molecule has 2 unspecified atom stereocenters. The van der Waals surface area contributed by atoms with Crippen molar-refractivity contribution in [3.05, 3.63) is 28.7 Å². The molecule has 1 aromatic rings. The van der Waals surface area contributed by atoms with E-state index >= 15 is 0 Å². The minimum Gasteiger partial charge on any atom is -0.398 e. The summed E-state index contributed by atoms with van der Waals surface area (Å²) in [5.41, 5.74) is 6.41. The molecule has 112 valence electrons. The van der Waals surface area contributed by atoms with Gasteiger partial charge in [0.2, 0.25) is 0 Å². The van der Waals surface area contributed by atoms with E-state index in [0.717, 1.165) is 31.5 Å². The van der Waals surface area contributed by atoms with Gasteiger partial charge in [-0.15, -0.1) is 0 Å². The summed E-state index contributed by atoms with van der Waals surface area (Å²) < 4.78 is 1.71. The average Bonchev–Trinajstić information content (AvgIpc) is 2.42. The first kappa shape index (κ1) is 15.1. The maximum absolute atomic E-state index is 11.7. The van der Waals surface area contributed by atoms with Gasteiger partial charge in [0.05, 0.1) is 0 Å². The van der Waals surface area contributed by atoms with Gasteiger partial charge in [0.15, 0.2) is 0 Å². The first-order valence-electron chi connectivity index (χ1n) is 7.72. The Labute approximate surface area is 121 Å². The Kier molecular flexibility index (Phi) is 5.24. The highest BCUT2D eigenvalue weighted by atomic mass is 16.1. The van der Waals surface area contributed by atoms with Crippen molar-refractivity contribution >= 4 is 5.69 Å². The Hall–Kier alpha value is -1.29. The number of rotatable bonds is 5. The predicted molar refractivity (Wildman–Crippen MR) is 83.8 cm³/mol. The second kappa shape index (κ2) is 6.93. The highest BCUT2D eigenvalue weighted by molar-refractivity contribution is 5.33. The highest BCUT2D eigenvalue weighted by Crippen LogP contribution is 2.26. The van der Waals surface area contributed by atoms with Crippen LogP contribution in [-0.4, -0.2) is 29.1 Å². The van der Waals surface area contributed by atoms with Crippen LogP contribution >= 0.6 is 0 Å². The lowest BCUT2D eigenvalue weighted by atomic mass is 9.86. The van der Waals surface area contributed by atoms with E-state index < -0.39 is 0 Å². The third-order valence-electron chi connectivity index (χ3n) is 4.45. The van der Waals surface area contributed by atoms with Gasteiger partial charge in [-0.05, 0) is 44.8 Å². The van der Waals surface area contributed by atoms with E-state index in [1.54, 1.807) is 22.9 Å². The molecule has 1 aliphatic carbocycles. The summed E-state index contributed by atoms with van der Waals surface area (Å²) in [6, 6.07) is 3.92. The zero-order chi connectivity index (χ0) is 14.5. The monoisotopic (exact) mass is 277 g/mol. The smallest absolute Gasteiger partial charge is 0.250 e. The van der Waals surface area contributed by atoms with Gasteiger partial charge < -0.3 is 15.2 Å². The van der Waals surface area contributed by atoms with Crippen LogP contribution in [0.3, 0.4) is 0 Å². The van der Waals surface area contributed by atoms with Crippen LogP contribution in [0.1, 0.15) is 39.0 Å². The van der Waals surface area contributed by atoms with Gasteiger partial charge >= 0.3 is 0 Å². The molecule has 0 saturated heterocycles. The molecule has 1 saturated carbocycles. The van der Waals surface area contributed by atoms with Crippen LogP contribution in [0.25, 0.3) is 0 Å². The molecule has 1 fully saturated rings. The van der Waals surface area contributed by atoms with Crippen LogP contribution in [0.5, 0.6) is 0 Å². The van der Waals surface area contributed by atoms with Crippen molar-refractivity contribution < 1.29 is 0 Å². The summed E-state index contributed by atoms with van der Waals surface area (Å²) in [6.45, 7) is 4.14. The van der Waals surface area contributed by atoms with Gasteiger partial charge in [0.25, 0.3) is 5.56 Å². The average molecular weight is 277 g/mol. The van der Waals surface area contributed by atoms with Crippen LogP contribution in [-0.2, 0) is 6.54 Å². The van der Waals surface area contributed by atoms with Gasteiger partial charge in [-0.3, -0.25) is 4.79 Å². The quantitative estimate of drug-likeness (QED) is 0.898. The van der Waals surface area contributed by atoms with E-state index in [0.29, 0.717) is 5.69 Å². The molecule has 20 heavy (non-hydrogen) atoms. The molecule has 2 rings (SSSR count). The topological polar surface area (TPSA) is 51.3 Å². The van der Waals surface area contributed by atoms with E-state index in [2.05, 4.69) is 18.9 Å². The Morgan fingerprint density at radius 3 is 2.95 bits per heavy atom. The number of aryl methyl sites for hydroxylation is 1. The standard InChI is InChI=1S/C16H27N3O/c1-13-5-3-6-15(11-13)18(2)9-4-10-19-12-14(17)7-8-16(19)20/h7-8,12-13,15H,3-6,9-11,17H2,1-2H3. The number of hydrogen-bond donors (Lipinski definition) is 1. The van der Waals surface area contributed by atoms with E-state index in [1.165, 1.54) is 25.7 Å². The van der Waals surface area contributed by atoms with Crippen LogP contribution in [0, 0.1) is 5.92 Å². The molecule has 0 bridgehead atoms. The van der Waals surface area contributed by atoms with Crippen LogP contribution < -0.4 is 11.3 Å². The molecular formula is C16H27N3O. The molecule has 0 spiro atoms.